The molecule has 0 amide bonds. The zero-order valence-electron chi connectivity index (χ0n) is 14.7. The molecule has 0 aliphatic rings. The maximum atomic E-state index is 11.0. The van der Waals surface area contributed by atoms with Crippen molar-refractivity contribution in [3.63, 3.8) is 0 Å². The first-order valence-corrected chi connectivity index (χ1v) is 11.0. The molecule has 0 aliphatic carbocycles. The van der Waals surface area contributed by atoms with Gasteiger partial charge in [0.1, 0.15) is 5.75 Å². The van der Waals surface area contributed by atoms with Crippen molar-refractivity contribution in [2.24, 2.45) is 5.73 Å². The van der Waals surface area contributed by atoms with Gasteiger partial charge < -0.3 is 15.9 Å². The van der Waals surface area contributed by atoms with Crippen molar-refractivity contribution < 1.29 is 23.2 Å². The van der Waals surface area contributed by atoms with Gasteiger partial charge in [-0.2, -0.15) is 8.42 Å². The van der Waals surface area contributed by atoms with Crippen LogP contribution in [0.4, 0.5) is 0 Å². The summed E-state index contributed by atoms with van der Waals surface area (Å²) in [6.45, 7) is 1.73. The number of benzene rings is 2. The Kier molecular flexibility index (Phi) is 7.18. The van der Waals surface area contributed by atoms with Crippen LogP contribution in [0, 0.1) is 0 Å². The largest absolute Gasteiger partial charge is 0.508 e. The quantitative estimate of drug-likeness (QED) is 0.471. The van der Waals surface area contributed by atoms with E-state index in [4.69, 9.17) is 21.9 Å². The number of phenols is 1. The second-order valence-electron chi connectivity index (χ2n) is 6.30. The third kappa shape index (κ3) is 6.10. The number of nitrogens with two attached hydrogens (primary N) is 1. The van der Waals surface area contributed by atoms with Gasteiger partial charge in [0, 0.05) is 25.9 Å². The number of hydrogen-bond acceptors (Lipinski definition) is 6. The number of aliphatic hydroxyl groups is 1. The van der Waals surface area contributed by atoms with E-state index in [-0.39, 0.29) is 12.2 Å². The summed E-state index contributed by atoms with van der Waals surface area (Å²) in [5.41, 5.74) is 5.36. The number of phenolic OH excluding ortho intramolecular Hbond substituents is 1. The molecule has 2 unspecified atom stereocenters. The van der Waals surface area contributed by atoms with Crippen molar-refractivity contribution in [2.45, 2.75) is 41.2 Å². The summed E-state index contributed by atoms with van der Waals surface area (Å²) in [4.78, 5) is 1.74. The molecule has 27 heavy (non-hydrogen) atoms. The summed E-state index contributed by atoms with van der Waals surface area (Å²) in [6, 6.07) is 11.8. The van der Waals surface area contributed by atoms with Crippen molar-refractivity contribution in [1.29, 1.82) is 0 Å². The van der Waals surface area contributed by atoms with Gasteiger partial charge in [-0.25, -0.2) is 0 Å². The van der Waals surface area contributed by atoms with Gasteiger partial charge in [-0.1, -0.05) is 36.4 Å². The number of aromatic hydroxyl groups is 1. The summed E-state index contributed by atoms with van der Waals surface area (Å²) in [6.07, 6.45) is -1.00. The van der Waals surface area contributed by atoms with Crippen LogP contribution in [-0.2, 0) is 10.1 Å². The Bertz CT molecular complexity index is 889. The molecule has 0 spiro atoms. The summed E-state index contributed by atoms with van der Waals surface area (Å²) in [5, 5.41) is 20.3. The fourth-order valence-corrected chi connectivity index (χ4v) is 4.42. The third-order valence-corrected chi connectivity index (χ3v) is 6.41. The molecule has 6 nitrogen and oxygen atoms in total. The SMILES string of the molecule is CCC(N)(CCS(=O)(=O)O)C(O)c1ccc(Sc2ccc(O)cc2)cc1Cl. The van der Waals surface area contributed by atoms with Crippen molar-refractivity contribution in [3.8, 4) is 5.75 Å². The lowest BCUT2D eigenvalue weighted by molar-refractivity contribution is 0.0783. The molecular formula is C18H22ClNO5S2. The normalized spacial score (nSPS) is 15.3. The lowest BCUT2D eigenvalue weighted by Gasteiger charge is -2.34. The minimum absolute atomic E-state index is 0.107. The second-order valence-corrected chi connectivity index (χ2v) is 9.43. The molecule has 0 saturated heterocycles. The zero-order chi connectivity index (χ0) is 20.2. The Balaban J connectivity index is 2.20. The van der Waals surface area contributed by atoms with Gasteiger partial charge in [-0.05, 0) is 49.2 Å². The Morgan fingerprint density at radius 2 is 1.78 bits per heavy atom. The van der Waals surface area contributed by atoms with E-state index in [1.165, 1.54) is 11.8 Å². The smallest absolute Gasteiger partial charge is 0.264 e. The minimum atomic E-state index is -4.18. The van der Waals surface area contributed by atoms with Crippen LogP contribution in [0.25, 0.3) is 0 Å². The number of hydrogen-bond donors (Lipinski definition) is 4. The molecule has 0 aromatic heterocycles. The van der Waals surface area contributed by atoms with Crippen LogP contribution in [0.2, 0.25) is 5.02 Å². The van der Waals surface area contributed by atoms with E-state index in [9.17, 15) is 18.6 Å². The first-order chi connectivity index (χ1) is 12.5. The average Bonchev–Trinajstić information content (AvgIpc) is 2.60. The highest BCUT2D eigenvalue weighted by molar-refractivity contribution is 7.99. The van der Waals surface area contributed by atoms with Crippen molar-refractivity contribution in [3.05, 3.63) is 53.1 Å². The predicted molar refractivity (Wildman–Crippen MR) is 107 cm³/mol. The first-order valence-electron chi connectivity index (χ1n) is 8.22. The van der Waals surface area contributed by atoms with E-state index in [0.29, 0.717) is 17.0 Å². The van der Waals surface area contributed by atoms with E-state index in [1.807, 2.05) is 0 Å². The highest BCUT2D eigenvalue weighted by atomic mass is 35.5. The Labute approximate surface area is 168 Å². The minimum Gasteiger partial charge on any atom is -0.508 e. The highest BCUT2D eigenvalue weighted by Crippen LogP contribution is 2.37. The molecule has 2 atom stereocenters. The van der Waals surface area contributed by atoms with Crippen molar-refractivity contribution in [2.75, 3.05) is 5.75 Å². The molecule has 5 N–H and O–H groups in total. The summed E-state index contributed by atoms with van der Waals surface area (Å²) in [5.74, 6) is -0.361. The van der Waals surface area contributed by atoms with Crippen LogP contribution in [0.5, 0.6) is 5.75 Å². The third-order valence-electron chi connectivity index (χ3n) is 4.37. The fourth-order valence-electron chi connectivity index (χ4n) is 2.58. The second kappa shape index (κ2) is 8.81. The predicted octanol–water partition coefficient (Wildman–Crippen LogP) is 3.62. The van der Waals surface area contributed by atoms with E-state index < -0.39 is 27.5 Å². The van der Waals surface area contributed by atoms with E-state index in [1.54, 1.807) is 49.4 Å². The van der Waals surface area contributed by atoms with Crippen LogP contribution in [0.1, 0.15) is 31.4 Å². The summed E-state index contributed by atoms with van der Waals surface area (Å²) < 4.78 is 31.0. The fraction of sp³-hybridized carbons (Fsp3) is 0.333. The topological polar surface area (TPSA) is 121 Å². The molecule has 0 aliphatic heterocycles. The molecule has 0 radical (unpaired) electrons. The molecular weight excluding hydrogens is 410 g/mol. The van der Waals surface area contributed by atoms with E-state index in [0.717, 1.165) is 9.79 Å². The maximum absolute atomic E-state index is 11.0. The average molecular weight is 432 g/mol. The molecule has 0 saturated carbocycles. The summed E-state index contributed by atoms with van der Waals surface area (Å²) in [7, 11) is -4.18. The van der Waals surface area contributed by atoms with Gasteiger partial charge in [0.05, 0.1) is 11.9 Å². The van der Waals surface area contributed by atoms with Gasteiger partial charge in [-0.15, -0.1) is 0 Å². The zero-order valence-corrected chi connectivity index (χ0v) is 17.1. The van der Waals surface area contributed by atoms with Crippen LogP contribution in [0.3, 0.4) is 0 Å². The standard InChI is InChI=1S/C18H22ClNO5S2/c1-2-18(20,9-10-27(23,24)25)17(22)15-8-7-14(11-16(15)19)26-13-5-3-12(21)4-6-13/h3-8,11,17,21-22H,2,9-10,20H2,1H3,(H,23,24,25). The molecule has 0 fully saturated rings. The lowest BCUT2D eigenvalue weighted by atomic mass is 9.84. The van der Waals surface area contributed by atoms with E-state index >= 15 is 0 Å². The van der Waals surface area contributed by atoms with Crippen LogP contribution < -0.4 is 5.73 Å². The van der Waals surface area contributed by atoms with Crippen LogP contribution in [-0.4, -0.2) is 34.5 Å². The van der Waals surface area contributed by atoms with Crippen LogP contribution in [0.15, 0.2) is 52.3 Å². The molecule has 0 heterocycles. The van der Waals surface area contributed by atoms with Gasteiger partial charge in [0.25, 0.3) is 10.1 Å². The number of halogens is 1. The molecule has 2 aromatic rings. The Morgan fingerprint density at radius 3 is 2.30 bits per heavy atom. The van der Waals surface area contributed by atoms with E-state index in [2.05, 4.69) is 0 Å². The first kappa shape index (κ1) is 22.0. The van der Waals surface area contributed by atoms with Crippen molar-refractivity contribution >= 4 is 33.5 Å². The van der Waals surface area contributed by atoms with Crippen molar-refractivity contribution in [1.82, 2.24) is 0 Å². The molecule has 9 heteroatoms. The highest BCUT2D eigenvalue weighted by Gasteiger charge is 2.35. The van der Waals surface area contributed by atoms with Crippen LogP contribution >= 0.6 is 23.4 Å². The number of rotatable bonds is 8. The molecule has 2 rings (SSSR count). The molecule has 2 aromatic carbocycles. The Morgan fingerprint density at radius 1 is 1.19 bits per heavy atom. The van der Waals surface area contributed by atoms with Gasteiger partial charge in [0.2, 0.25) is 0 Å². The Hall–Kier alpha value is -1.29. The number of aliphatic hydroxyl groups excluding tert-OH is 1. The molecule has 148 valence electrons. The van der Waals surface area contributed by atoms with Gasteiger partial charge >= 0.3 is 0 Å². The summed E-state index contributed by atoms with van der Waals surface area (Å²) >= 11 is 7.77. The monoisotopic (exact) mass is 431 g/mol. The van der Waals surface area contributed by atoms with Gasteiger partial charge in [0.15, 0.2) is 0 Å². The van der Waals surface area contributed by atoms with Gasteiger partial charge in [-0.3, -0.25) is 4.55 Å². The maximum Gasteiger partial charge on any atom is 0.264 e. The lowest BCUT2D eigenvalue weighted by Crippen LogP contribution is -2.46. The molecule has 0 bridgehead atoms.